The molecule has 4 aromatic rings. The van der Waals surface area contributed by atoms with Crippen LogP contribution in [-0.4, -0.2) is 15.0 Å². The molecule has 0 bridgehead atoms. The maximum absolute atomic E-state index is 11.6. The molecule has 2 aromatic carbocycles. The third kappa shape index (κ3) is 2.93. The van der Waals surface area contributed by atoms with E-state index in [-0.39, 0.29) is 0 Å². The molecule has 4 rings (SSSR count). The monoisotopic (exact) mass is 329 g/mol. The Morgan fingerprint density at radius 1 is 0.960 bits per heavy atom. The Balaban J connectivity index is 2.00. The number of nitrogens with one attached hydrogen (secondary N) is 1. The van der Waals surface area contributed by atoms with Gasteiger partial charge in [-0.3, -0.25) is 4.98 Å². The Morgan fingerprint density at radius 2 is 1.72 bits per heavy atom. The molecule has 0 radical (unpaired) electrons. The van der Waals surface area contributed by atoms with E-state index in [9.17, 15) is 4.79 Å². The summed E-state index contributed by atoms with van der Waals surface area (Å²) in [5.74, 6) is 0. The molecule has 5 heteroatoms. The predicted octanol–water partition coefficient (Wildman–Crippen LogP) is 2.39. The highest BCUT2D eigenvalue weighted by molar-refractivity contribution is 5.89. The van der Waals surface area contributed by atoms with Crippen LogP contribution in [0.15, 0.2) is 71.7 Å². The van der Waals surface area contributed by atoms with Crippen LogP contribution in [0.4, 0.5) is 0 Å². The van der Waals surface area contributed by atoms with Crippen molar-refractivity contribution in [2.45, 2.75) is 6.54 Å². The number of rotatable bonds is 3. The van der Waals surface area contributed by atoms with Gasteiger partial charge in [0.1, 0.15) is 5.65 Å². The van der Waals surface area contributed by atoms with Gasteiger partial charge in [0.05, 0.1) is 12.2 Å². The lowest BCUT2D eigenvalue weighted by Gasteiger charge is -2.11. The van der Waals surface area contributed by atoms with Crippen molar-refractivity contribution in [3.05, 3.63) is 82.9 Å². The molecule has 4 N–H and O–H groups in total. The zero-order valence-corrected chi connectivity index (χ0v) is 13.6. The minimum absolute atomic E-state index is 0.397. The largest absolute Gasteiger partial charge is 0.354 e. The predicted molar refractivity (Wildman–Crippen MR) is 97.6 cm³/mol. The Kier molecular flexibility index (Phi) is 3.84. The summed E-state index contributed by atoms with van der Waals surface area (Å²) in [6.45, 7) is 0.746. The van der Waals surface area contributed by atoms with Crippen LogP contribution < -0.4 is 11.4 Å². The van der Waals surface area contributed by atoms with Crippen molar-refractivity contribution < 1.29 is 5.73 Å². The molecule has 5 nitrogen and oxygen atoms in total. The first-order valence-electron chi connectivity index (χ1n) is 8.08. The average Bonchev–Trinajstić information content (AvgIpc) is 2.67. The van der Waals surface area contributed by atoms with Crippen molar-refractivity contribution >= 4 is 11.0 Å². The highest BCUT2D eigenvalue weighted by atomic mass is 16.1. The van der Waals surface area contributed by atoms with E-state index < -0.39 is 5.69 Å². The molecule has 0 aliphatic rings. The van der Waals surface area contributed by atoms with Gasteiger partial charge in [-0.25, -0.2) is 14.8 Å². The quantitative estimate of drug-likeness (QED) is 0.605. The van der Waals surface area contributed by atoms with Gasteiger partial charge in [0.15, 0.2) is 0 Å². The first kappa shape index (κ1) is 15.2. The van der Waals surface area contributed by atoms with Gasteiger partial charge in [-0.1, -0.05) is 54.6 Å². The van der Waals surface area contributed by atoms with Gasteiger partial charge < -0.3 is 5.73 Å². The Hall–Kier alpha value is -3.31. The maximum atomic E-state index is 11.6. The number of aromatic amines is 1. The van der Waals surface area contributed by atoms with Gasteiger partial charge in [-0.05, 0) is 11.6 Å². The normalized spacial score (nSPS) is 10.9. The molecule has 2 heterocycles. The van der Waals surface area contributed by atoms with Crippen molar-refractivity contribution in [3.63, 3.8) is 0 Å². The molecular formula is C20H17N4O+. The van der Waals surface area contributed by atoms with Gasteiger partial charge >= 0.3 is 5.69 Å². The Labute approximate surface area is 144 Å². The summed E-state index contributed by atoms with van der Waals surface area (Å²) in [6.07, 6.45) is 1.56. The zero-order chi connectivity index (χ0) is 17.2. The number of hydrogen-bond donors (Lipinski definition) is 2. The summed E-state index contributed by atoms with van der Waals surface area (Å²) in [5, 5.41) is 0.802. The summed E-state index contributed by atoms with van der Waals surface area (Å²) < 4.78 is 0. The maximum Gasteiger partial charge on any atom is 0.346 e. The molecule has 25 heavy (non-hydrogen) atoms. The van der Waals surface area contributed by atoms with Gasteiger partial charge in [0, 0.05) is 28.3 Å². The van der Waals surface area contributed by atoms with E-state index in [2.05, 4.69) is 40.0 Å². The minimum atomic E-state index is -0.397. The summed E-state index contributed by atoms with van der Waals surface area (Å²) in [4.78, 5) is 22.8. The third-order valence-electron chi connectivity index (χ3n) is 4.20. The van der Waals surface area contributed by atoms with E-state index in [1.165, 1.54) is 5.56 Å². The van der Waals surface area contributed by atoms with Crippen molar-refractivity contribution in [1.29, 1.82) is 0 Å². The van der Waals surface area contributed by atoms with Gasteiger partial charge in [-0.2, -0.15) is 0 Å². The highest BCUT2D eigenvalue weighted by Crippen LogP contribution is 2.32. The summed E-state index contributed by atoms with van der Waals surface area (Å²) in [7, 11) is 0. The smallest absolute Gasteiger partial charge is 0.346 e. The van der Waals surface area contributed by atoms with E-state index in [0.29, 0.717) is 5.65 Å². The molecule has 0 unspecified atom stereocenters. The highest BCUT2D eigenvalue weighted by Gasteiger charge is 2.12. The van der Waals surface area contributed by atoms with E-state index >= 15 is 0 Å². The van der Waals surface area contributed by atoms with Gasteiger partial charge in [0.25, 0.3) is 0 Å². The molecule has 0 aliphatic heterocycles. The van der Waals surface area contributed by atoms with Crippen molar-refractivity contribution in [3.8, 4) is 22.4 Å². The van der Waals surface area contributed by atoms with Crippen LogP contribution >= 0.6 is 0 Å². The van der Waals surface area contributed by atoms with Crippen LogP contribution in [-0.2, 0) is 6.54 Å². The van der Waals surface area contributed by atoms with Crippen molar-refractivity contribution in [2.75, 3.05) is 0 Å². The second-order valence-corrected chi connectivity index (χ2v) is 5.82. The topological polar surface area (TPSA) is 86.3 Å². The number of fused-ring (bicyclic) bond motifs is 1. The molecule has 2 aromatic heterocycles. The first-order chi connectivity index (χ1) is 12.2. The third-order valence-corrected chi connectivity index (χ3v) is 4.20. The van der Waals surface area contributed by atoms with Crippen LogP contribution in [0.3, 0.4) is 0 Å². The van der Waals surface area contributed by atoms with Crippen LogP contribution in [0.1, 0.15) is 5.56 Å². The number of H-pyrrole nitrogens is 1. The number of quaternary nitrogens is 1. The average molecular weight is 329 g/mol. The SMILES string of the molecule is [NH3+]Cc1ccc(-c2nc3[nH]c(=O)ncc3cc2-c2ccccc2)cc1. The lowest BCUT2D eigenvalue weighted by molar-refractivity contribution is -0.386. The number of pyridine rings is 1. The molecule has 0 atom stereocenters. The van der Waals surface area contributed by atoms with E-state index in [1.54, 1.807) is 6.20 Å². The Bertz CT molecular complexity index is 1090. The molecule has 122 valence electrons. The van der Waals surface area contributed by atoms with Crippen molar-refractivity contribution in [2.24, 2.45) is 0 Å². The first-order valence-corrected chi connectivity index (χ1v) is 8.08. The molecule has 0 fully saturated rings. The molecule has 0 saturated heterocycles. The second-order valence-electron chi connectivity index (χ2n) is 5.82. The molecule has 0 amide bonds. The fourth-order valence-electron chi connectivity index (χ4n) is 2.88. The fourth-order valence-corrected chi connectivity index (χ4v) is 2.88. The van der Waals surface area contributed by atoms with Crippen LogP contribution in [0.25, 0.3) is 33.4 Å². The minimum Gasteiger partial charge on any atom is -0.354 e. The van der Waals surface area contributed by atoms with Gasteiger partial charge in [-0.15, -0.1) is 0 Å². The Morgan fingerprint density at radius 3 is 2.44 bits per heavy atom. The fraction of sp³-hybridized carbons (Fsp3) is 0.0500. The second kappa shape index (κ2) is 6.30. The van der Waals surface area contributed by atoms with Crippen LogP contribution in [0.2, 0.25) is 0 Å². The van der Waals surface area contributed by atoms with Gasteiger partial charge in [0.2, 0.25) is 0 Å². The molecule has 0 saturated carbocycles. The van der Waals surface area contributed by atoms with Crippen molar-refractivity contribution in [1.82, 2.24) is 15.0 Å². The van der Waals surface area contributed by atoms with E-state index in [1.807, 2.05) is 36.4 Å². The summed E-state index contributed by atoms with van der Waals surface area (Å²) in [5.41, 5.74) is 9.12. The van der Waals surface area contributed by atoms with E-state index in [0.717, 1.165) is 34.3 Å². The molecular weight excluding hydrogens is 312 g/mol. The lowest BCUT2D eigenvalue weighted by Crippen LogP contribution is -2.47. The number of aromatic nitrogens is 3. The number of nitrogens with zero attached hydrogens (tertiary/aromatic N) is 2. The summed E-state index contributed by atoms with van der Waals surface area (Å²) >= 11 is 0. The standard InChI is InChI=1S/C20H16N4O/c21-11-13-6-8-15(9-7-13)18-17(14-4-2-1-3-5-14)10-16-12-22-20(25)24-19(16)23-18/h1-10,12H,11,21H2,(H,22,23,24,25)/p+1. The lowest BCUT2D eigenvalue weighted by atomic mass is 9.98. The van der Waals surface area contributed by atoms with E-state index in [4.69, 9.17) is 4.98 Å². The van der Waals surface area contributed by atoms with Crippen LogP contribution in [0.5, 0.6) is 0 Å². The molecule has 0 aliphatic carbocycles. The molecule has 0 spiro atoms. The number of hydrogen-bond acceptors (Lipinski definition) is 3. The number of benzene rings is 2. The van der Waals surface area contributed by atoms with Crippen LogP contribution in [0, 0.1) is 0 Å². The zero-order valence-electron chi connectivity index (χ0n) is 13.6. The summed E-state index contributed by atoms with van der Waals surface area (Å²) in [6, 6.07) is 20.3.